The van der Waals surface area contributed by atoms with E-state index >= 15 is 0 Å². The van der Waals surface area contributed by atoms with Crippen molar-refractivity contribution in [3.05, 3.63) is 125 Å². The molecule has 1 aromatic heterocycles. The largest absolute Gasteiger partial charge is 0.618 e. The second-order valence-corrected chi connectivity index (χ2v) is 13.3. The van der Waals surface area contributed by atoms with Crippen molar-refractivity contribution in [3.8, 4) is 11.1 Å². The number of benzene rings is 3. The zero-order valence-corrected chi connectivity index (χ0v) is 27.7. The Morgan fingerprint density at radius 1 is 0.940 bits per heavy atom. The van der Waals surface area contributed by atoms with Crippen LogP contribution in [0.15, 0.2) is 102 Å². The second kappa shape index (κ2) is 15.6. The van der Waals surface area contributed by atoms with Crippen molar-refractivity contribution in [1.29, 1.82) is 0 Å². The molecule has 50 heavy (non-hydrogen) atoms. The van der Waals surface area contributed by atoms with E-state index in [0.29, 0.717) is 28.5 Å². The molecule has 13 heteroatoms. The predicted octanol–water partition coefficient (Wildman–Crippen LogP) is 5.99. The van der Waals surface area contributed by atoms with Crippen molar-refractivity contribution in [2.45, 2.75) is 68.2 Å². The van der Waals surface area contributed by atoms with E-state index < -0.39 is 30.3 Å². The maximum atomic E-state index is 13.0. The van der Waals surface area contributed by atoms with Gasteiger partial charge in [-0.3, -0.25) is 9.59 Å². The van der Waals surface area contributed by atoms with Crippen LogP contribution in [-0.2, 0) is 32.2 Å². The summed E-state index contributed by atoms with van der Waals surface area (Å²) >= 11 is 1.41. The quantitative estimate of drug-likeness (QED) is 0.118. The number of carbonyl (C=O) groups excluding carboxylic acids is 2. The van der Waals surface area contributed by atoms with Gasteiger partial charge >= 0.3 is 12.1 Å². The Balaban J connectivity index is 1.17. The number of hydrogen-bond donors (Lipinski definition) is 2. The van der Waals surface area contributed by atoms with Gasteiger partial charge < -0.3 is 30.0 Å². The molecule has 262 valence electrons. The molecule has 2 N–H and O–H groups in total. The Bertz CT molecular complexity index is 1810. The molecule has 0 spiro atoms. The molecule has 4 atom stereocenters. The van der Waals surface area contributed by atoms with E-state index in [4.69, 9.17) is 9.47 Å². The molecule has 4 aromatic rings. The van der Waals surface area contributed by atoms with E-state index in [-0.39, 0.29) is 38.3 Å². The highest BCUT2D eigenvalue weighted by molar-refractivity contribution is 7.99. The van der Waals surface area contributed by atoms with Crippen LogP contribution in [0.25, 0.3) is 11.1 Å². The van der Waals surface area contributed by atoms with Gasteiger partial charge in [-0.05, 0) is 58.9 Å². The Hall–Kier alpha value is -4.43. The van der Waals surface area contributed by atoms with Crippen LogP contribution in [0.1, 0.15) is 53.9 Å². The molecule has 0 unspecified atom stereocenters. The molecule has 6 rings (SSSR count). The molecule has 2 amide bonds. The second-order valence-electron chi connectivity index (χ2n) is 12.2. The lowest BCUT2D eigenvalue weighted by atomic mass is 9.99. The van der Waals surface area contributed by atoms with Gasteiger partial charge in [0, 0.05) is 43.0 Å². The smallest absolute Gasteiger partial charge is 0.471 e. The van der Waals surface area contributed by atoms with Gasteiger partial charge in [0.05, 0.1) is 18.8 Å². The van der Waals surface area contributed by atoms with Crippen molar-refractivity contribution in [2.24, 2.45) is 0 Å². The maximum absolute atomic E-state index is 13.0. The fraction of sp³-hybridized carbons (Fsp3) is 0.324. The van der Waals surface area contributed by atoms with E-state index in [2.05, 4.69) is 5.32 Å². The number of rotatable bonds is 10. The van der Waals surface area contributed by atoms with Gasteiger partial charge in [0.25, 0.3) is 5.03 Å². The van der Waals surface area contributed by atoms with Gasteiger partial charge in [-0.1, -0.05) is 72.4 Å². The highest BCUT2D eigenvalue weighted by Crippen LogP contribution is 2.40. The van der Waals surface area contributed by atoms with Crippen molar-refractivity contribution in [3.63, 3.8) is 0 Å². The number of amides is 2. The fourth-order valence-corrected chi connectivity index (χ4v) is 7.14. The van der Waals surface area contributed by atoms with Crippen molar-refractivity contribution in [1.82, 2.24) is 10.2 Å². The third-order valence-electron chi connectivity index (χ3n) is 8.77. The summed E-state index contributed by atoms with van der Waals surface area (Å²) in [4.78, 5) is 25.3. The third kappa shape index (κ3) is 8.47. The van der Waals surface area contributed by atoms with Crippen LogP contribution >= 0.6 is 11.8 Å². The molecule has 2 aliphatic heterocycles. The molecule has 0 radical (unpaired) electrons. The highest BCUT2D eigenvalue weighted by atomic mass is 32.2. The Morgan fingerprint density at radius 2 is 1.70 bits per heavy atom. The SMILES string of the molecule is O=C(NCc1cccc(-c2cccc([C@H]3O[C@@H](CSc4cccc[n+]4[O-])C[C@@H](c4ccc(CO)cc4)O3)c2)c1)[C@@H]1CCCN1C(=O)C(F)(F)F. The lowest BCUT2D eigenvalue weighted by Crippen LogP contribution is -2.50. The molecule has 2 saturated heterocycles. The maximum Gasteiger partial charge on any atom is 0.471 e. The van der Waals surface area contributed by atoms with Crippen LogP contribution in [0.2, 0.25) is 0 Å². The number of carbonyl (C=O) groups is 2. The van der Waals surface area contributed by atoms with Gasteiger partial charge in [0.2, 0.25) is 5.91 Å². The number of pyridine rings is 1. The molecule has 3 aromatic carbocycles. The van der Waals surface area contributed by atoms with Gasteiger partial charge in [0.15, 0.2) is 12.5 Å². The predicted molar refractivity (Wildman–Crippen MR) is 179 cm³/mol. The molecule has 3 heterocycles. The molecule has 2 fully saturated rings. The van der Waals surface area contributed by atoms with Crippen LogP contribution < -0.4 is 10.0 Å². The van der Waals surface area contributed by atoms with E-state index in [1.165, 1.54) is 18.0 Å². The molecular formula is C37H36F3N3O6S. The lowest BCUT2D eigenvalue weighted by molar-refractivity contribution is -0.645. The van der Waals surface area contributed by atoms with E-state index in [9.17, 15) is 33.1 Å². The van der Waals surface area contributed by atoms with Gasteiger partial charge in [-0.25, -0.2) is 0 Å². The Morgan fingerprint density at radius 3 is 2.44 bits per heavy atom. The van der Waals surface area contributed by atoms with E-state index in [1.54, 1.807) is 12.1 Å². The first kappa shape index (κ1) is 35.4. The molecule has 0 aliphatic carbocycles. The van der Waals surface area contributed by atoms with Crippen LogP contribution in [0.4, 0.5) is 13.2 Å². The monoisotopic (exact) mass is 707 g/mol. The van der Waals surface area contributed by atoms with E-state index in [1.807, 2.05) is 78.9 Å². The summed E-state index contributed by atoms with van der Waals surface area (Å²) in [7, 11) is 0. The average Bonchev–Trinajstić information content (AvgIpc) is 3.63. The minimum absolute atomic E-state index is 0.0640. The van der Waals surface area contributed by atoms with Gasteiger partial charge in [-0.2, -0.15) is 17.9 Å². The van der Waals surface area contributed by atoms with Gasteiger partial charge in [-0.15, -0.1) is 0 Å². The summed E-state index contributed by atoms with van der Waals surface area (Å²) < 4.78 is 52.9. The van der Waals surface area contributed by atoms with Crippen molar-refractivity contribution in [2.75, 3.05) is 12.3 Å². The minimum atomic E-state index is -5.03. The van der Waals surface area contributed by atoms with Crippen molar-refractivity contribution < 1.29 is 42.1 Å². The average molecular weight is 708 g/mol. The summed E-state index contributed by atoms with van der Waals surface area (Å²) in [6, 6.07) is 26.8. The number of hydrogen-bond acceptors (Lipinski definition) is 7. The summed E-state index contributed by atoms with van der Waals surface area (Å²) in [6.45, 7) is -0.0989. The first-order chi connectivity index (χ1) is 24.1. The molecule has 0 bridgehead atoms. The standard InChI is InChI=1S/C37H36F3N3O6S/c38-37(39,40)36(46)42-16-5-10-31(42)34(45)41-21-25-6-3-7-27(18-25)28-8-4-9-29(19-28)35-48-30(23-50-33-11-1-2-17-43(33)47)20-32(49-35)26-14-12-24(22-44)13-15-26/h1-4,6-9,11-15,17-19,30-32,35,44H,5,10,16,20-23H2,(H,41,45)/t30-,31+,32+,35+/m1/s1. The number of ether oxygens (including phenoxy) is 2. The fourth-order valence-electron chi connectivity index (χ4n) is 6.20. The third-order valence-corrected chi connectivity index (χ3v) is 9.92. The number of nitrogens with one attached hydrogen (secondary N) is 1. The lowest BCUT2D eigenvalue weighted by Gasteiger charge is -2.36. The number of likely N-dealkylation sites (tertiary alicyclic amines) is 1. The number of aliphatic hydroxyl groups excluding tert-OH is 1. The topological polar surface area (TPSA) is 115 Å². The molecule has 2 aliphatic rings. The molecular weight excluding hydrogens is 671 g/mol. The number of aliphatic hydroxyl groups is 1. The summed E-state index contributed by atoms with van der Waals surface area (Å²) in [5, 5.41) is 25.0. The van der Waals surface area contributed by atoms with Crippen LogP contribution in [0.3, 0.4) is 0 Å². The minimum Gasteiger partial charge on any atom is -0.618 e. The summed E-state index contributed by atoms with van der Waals surface area (Å²) in [6.07, 6.45) is -3.80. The normalized spacial score (nSPS) is 20.8. The number of nitrogens with zero attached hydrogens (tertiary/aromatic N) is 2. The number of alkyl halides is 3. The number of thioether (sulfide) groups is 1. The zero-order valence-electron chi connectivity index (χ0n) is 26.9. The van der Waals surface area contributed by atoms with Crippen molar-refractivity contribution >= 4 is 23.6 Å². The molecule has 9 nitrogen and oxygen atoms in total. The zero-order chi connectivity index (χ0) is 35.3. The Labute approximate surface area is 291 Å². The van der Waals surface area contributed by atoms with Gasteiger partial charge in [0.1, 0.15) is 6.04 Å². The van der Waals surface area contributed by atoms with E-state index in [0.717, 1.165) is 38.1 Å². The van der Waals surface area contributed by atoms with Crippen LogP contribution in [-0.4, -0.2) is 52.4 Å². The summed E-state index contributed by atoms with van der Waals surface area (Å²) in [5.41, 5.74) is 4.95. The number of aromatic nitrogens is 1. The first-order valence-electron chi connectivity index (χ1n) is 16.3. The first-order valence-corrected chi connectivity index (χ1v) is 17.2. The molecule has 0 saturated carbocycles. The number of halogens is 3. The Kier molecular flexibility index (Phi) is 11.1. The van der Waals surface area contributed by atoms with Crippen LogP contribution in [0.5, 0.6) is 0 Å². The van der Waals surface area contributed by atoms with Crippen LogP contribution in [0, 0.1) is 5.21 Å². The highest BCUT2D eigenvalue weighted by Gasteiger charge is 2.47. The summed E-state index contributed by atoms with van der Waals surface area (Å²) in [5.74, 6) is -2.09.